The Balaban J connectivity index is 2.24. The molecular weight excluding hydrogens is 288 g/mol. The van der Waals surface area contributed by atoms with Gasteiger partial charge in [-0.2, -0.15) is 0 Å². The predicted octanol–water partition coefficient (Wildman–Crippen LogP) is 3.46. The maximum absolute atomic E-state index is 11.9. The van der Waals surface area contributed by atoms with E-state index in [9.17, 15) is 9.59 Å². The van der Waals surface area contributed by atoms with Crippen molar-refractivity contribution in [1.29, 1.82) is 0 Å². The van der Waals surface area contributed by atoms with E-state index >= 15 is 0 Å². The molecular formula is C15H18N2O3S. The van der Waals surface area contributed by atoms with Crippen molar-refractivity contribution in [3.05, 3.63) is 23.8 Å². The summed E-state index contributed by atoms with van der Waals surface area (Å²) >= 11 is 1.34. The van der Waals surface area contributed by atoms with Crippen molar-refractivity contribution in [2.45, 2.75) is 33.8 Å². The highest BCUT2D eigenvalue weighted by Gasteiger charge is 2.14. The average molecular weight is 306 g/mol. The minimum absolute atomic E-state index is 0.0755. The molecule has 0 spiro atoms. The standard InChI is InChI=1S/C15H18N2O3S/c1-8(2)13(18)17-15-16-11-6-5-10(7-12(11)21-15)14(19)20-9(3)4/h5-9H,1-4H3,(H,16,17,18). The maximum atomic E-state index is 11.9. The predicted molar refractivity (Wildman–Crippen MR) is 83.6 cm³/mol. The molecule has 0 saturated heterocycles. The molecule has 0 aliphatic rings. The van der Waals surface area contributed by atoms with Gasteiger partial charge in [0.15, 0.2) is 5.13 Å². The molecule has 1 aromatic carbocycles. The number of hydrogen-bond donors (Lipinski definition) is 1. The molecule has 0 unspecified atom stereocenters. The molecule has 2 rings (SSSR count). The SMILES string of the molecule is CC(C)OC(=O)c1ccc2nc(NC(=O)C(C)C)sc2c1. The number of nitrogens with one attached hydrogen (secondary N) is 1. The Hall–Kier alpha value is -1.95. The topological polar surface area (TPSA) is 68.3 Å². The highest BCUT2D eigenvalue weighted by Crippen LogP contribution is 2.27. The fraction of sp³-hybridized carbons (Fsp3) is 0.400. The van der Waals surface area contributed by atoms with Crippen LogP contribution in [0.2, 0.25) is 0 Å². The summed E-state index contributed by atoms with van der Waals surface area (Å²) < 4.78 is 6.00. The minimum atomic E-state index is -0.354. The summed E-state index contributed by atoms with van der Waals surface area (Å²) in [5.74, 6) is -0.532. The molecule has 0 bridgehead atoms. The molecule has 112 valence electrons. The van der Waals surface area contributed by atoms with Crippen molar-refractivity contribution in [3.63, 3.8) is 0 Å². The molecule has 1 heterocycles. The van der Waals surface area contributed by atoms with Crippen molar-refractivity contribution < 1.29 is 14.3 Å². The van der Waals surface area contributed by atoms with Crippen LogP contribution < -0.4 is 5.32 Å². The number of esters is 1. The number of aromatic nitrogens is 1. The number of hydrogen-bond acceptors (Lipinski definition) is 5. The first-order valence-electron chi connectivity index (χ1n) is 6.79. The van der Waals surface area contributed by atoms with Crippen LogP contribution in [0.5, 0.6) is 0 Å². The number of fused-ring (bicyclic) bond motifs is 1. The van der Waals surface area contributed by atoms with Crippen molar-refractivity contribution in [2.24, 2.45) is 5.92 Å². The van der Waals surface area contributed by atoms with Crippen LogP contribution in [0.1, 0.15) is 38.1 Å². The van der Waals surface area contributed by atoms with Crippen LogP contribution in [0, 0.1) is 5.92 Å². The first-order chi connectivity index (χ1) is 9.86. The van der Waals surface area contributed by atoms with E-state index in [1.165, 1.54) is 11.3 Å². The summed E-state index contributed by atoms with van der Waals surface area (Å²) in [5, 5.41) is 3.30. The van der Waals surface area contributed by atoms with Crippen LogP contribution in [0.15, 0.2) is 18.2 Å². The van der Waals surface area contributed by atoms with Gasteiger partial charge in [0.25, 0.3) is 0 Å². The Bertz CT molecular complexity index is 677. The van der Waals surface area contributed by atoms with Crippen LogP contribution in [-0.2, 0) is 9.53 Å². The second-order valence-electron chi connectivity index (χ2n) is 5.30. The van der Waals surface area contributed by atoms with Crippen molar-refractivity contribution in [3.8, 4) is 0 Å². The van der Waals surface area contributed by atoms with Gasteiger partial charge >= 0.3 is 5.97 Å². The normalized spacial score (nSPS) is 11.1. The number of ether oxygens (including phenoxy) is 1. The van der Waals surface area contributed by atoms with Gasteiger partial charge in [0, 0.05) is 5.92 Å². The number of carbonyl (C=O) groups excluding carboxylic acids is 2. The van der Waals surface area contributed by atoms with Crippen molar-refractivity contribution in [2.75, 3.05) is 5.32 Å². The van der Waals surface area contributed by atoms with E-state index in [4.69, 9.17) is 4.74 Å². The minimum Gasteiger partial charge on any atom is -0.459 e. The first kappa shape index (κ1) is 15.4. The molecule has 21 heavy (non-hydrogen) atoms. The molecule has 0 fully saturated rings. The van der Waals surface area contributed by atoms with E-state index in [-0.39, 0.29) is 23.9 Å². The molecule has 1 N–H and O–H groups in total. The number of rotatable bonds is 4. The van der Waals surface area contributed by atoms with Gasteiger partial charge in [-0.1, -0.05) is 25.2 Å². The second kappa shape index (κ2) is 6.22. The summed E-state index contributed by atoms with van der Waals surface area (Å²) in [6.45, 7) is 7.26. The first-order valence-corrected chi connectivity index (χ1v) is 7.61. The van der Waals surface area contributed by atoms with E-state index < -0.39 is 0 Å². The average Bonchev–Trinajstić information content (AvgIpc) is 2.78. The zero-order valence-electron chi connectivity index (χ0n) is 12.5. The van der Waals surface area contributed by atoms with E-state index in [0.717, 1.165) is 10.2 Å². The zero-order valence-corrected chi connectivity index (χ0v) is 13.3. The van der Waals surface area contributed by atoms with Gasteiger partial charge in [-0.05, 0) is 32.0 Å². The van der Waals surface area contributed by atoms with E-state index in [0.29, 0.717) is 10.7 Å². The van der Waals surface area contributed by atoms with E-state index in [1.54, 1.807) is 18.2 Å². The third-order valence-corrected chi connectivity index (χ3v) is 3.65. The van der Waals surface area contributed by atoms with Crippen molar-refractivity contribution in [1.82, 2.24) is 4.98 Å². The van der Waals surface area contributed by atoms with Gasteiger partial charge in [-0.15, -0.1) is 0 Å². The van der Waals surface area contributed by atoms with E-state index in [2.05, 4.69) is 10.3 Å². The van der Waals surface area contributed by atoms with Gasteiger partial charge in [-0.25, -0.2) is 9.78 Å². The van der Waals surface area contributed by atoms with Crippen LogP contribution in [-0.4, -0.2) is 23.0 Å². The molecule has 0 atom stereocenters. The van der Waals surface area contributed by atoms with Gasteiger partial charge in [0.1, 0.15) is 0 Å². The summed E-state index contributed by atoms with van der Waals surface area (Å²) in [7, 11) is 0. The largest absolute Gasteiger partial charge is 0.459 e. The summed E-state index contributed by atoms with van der Waals surface area (Å²) in [5.41, 5.74) is 1.24. The highest BCUT2D eigenvalue weighted by molar-refractivity contribution is 7.22. The van der Waals surface area contributed by atoms with Gasteiger partial charge in [0.2, 0.25) is 5.91 Å². The molecule has 1 aromatic heterocycles. The molecule has 0 radical (unpaired) electrons. The molecule has 0 saturated carbocycles. The van der Waals surface area contributed by atoms with Crippen LogP contribution in [0.3, 0.4) is 0 Å². The van der Waals surface area contributed by atoms with Crippen LogP contribution >= 0.6 is 11.3 Å². The number of anilines is 1. The summed E-state index contributed by atoms with van der Waals surface area (Å²) in [4.78, 5) is 27.9. The Labute approximate surface area is 127 Å². The van der Waals surface area contributed by atoms with Gasteiger partial charge in [-0.3, -0.25) is 4.79 Å². The number of nitrogens with zero attached hydrogens (tertiary/aromatic N) is 1. The number of carbonyl (C=O) groups is 2. The third kappa shape index (κ3) is 3.78. The molecule has 6 heteroatoms. The Morgan fingerprint density at radius 3 is 2.57 bits per heavy atom. The lowest BCUT2D eigenvalue weighted by Gasteiger charge is -2.07. The second-order valence-corrected chi connectivity index (χ2v) is 6.33. The smallest absolute Gasteiger partial charge is 0.338 e. The number of amides is 1. The van der Waals surface area contributed by atoms with Gasteiger partial charge < -0.3 is 10.1 Å². The summed E-state index contributed by atoms with van der Waals surface area (Å²) in [6.07, 6.45) is -0.157. The molecule has 2 aromatic rings. The lowest BCUT2D eigenvalue weighted by molar-refractivity contribution is -0.118. The zero-order chi connectivity index (χ0) is 15.6. The Kier molecular flexibility index (Phi) is 4.57. The maximum Gasteiger partial charge on any atom is 0.338 e. The summed E-state index contributed by atoms with van der Waals surface area (Å²) in [6, 6.07) is 5.18. The van der Waals surface area contributed by atoms with E-state index in [1.807, 2.05) is 27.7 Å². The van der Waals surface area contributed by atoms with Crippen LogP contribution in [0.25, 0.3) is 10.2 Å². The quantitative estimate of drug-likeness (QED) is 0.878. The molecule has 1 amide bonds. The molecule has 0 aliphatic heterocycles. The number of thiazole rings is 1. The monoisotopic (exact) mass is 306 g/mol. The fourth-order valence-electron chi connectivity index (χ4n) is 1.64. The Morgan fingerprint density at radius 2 is 1.95 bits per heavy atom. The van der Waals surface area contributed by atoms with Gasteiger partial charge in [0.05, 0.1) is 21.9 Å². The lowest BCUT2D eigenvalue weighted by Crippen LogP contribution is -2.17. The lowest BCUT2D eigenvalue weighted by atomic mass is 10.2. The highest BCUT2D eigenvalue weighted by atomic mass is 32.1. The molecule has 0 aliphatic carbocycles. The van der Waals surface area contributed by atoms with Crippen LogP contribution in [0.4, 0.5) is 5.13 Å². The Morgan fingerprint density at radius 1 is 1.24 bits per heavy atom. The molecule has 5 nitrogen and oxygen atoms in total. The van der Waals surface area contributed by atoms with Crippen molar-refractivity contribution >= 4 is 38.6 Å². The fourth-order valence-corrected chi connectivity index (χ4v) is 2.54. The number of benzene rings is 1. The third-order valence-electron chi connectivity index (χ3n) is 2.72.